The van der Waals surface area contributed by atoms with Gasteiger partial charge in [-0.15, -0.1) is 0 Å². The Hall–Kier alpha value is -3.20. The number of halogens is 2. The van der Waals surface area contributed by atoms with E-state index in [1.807, 2.05) is 0 Å². The number of barbiturate groups is 1. The van der Waals surface area contributed by atoms with Gasteiger partial charge in [-0.1, -0.05) is 12.1 Å². The third-order valence-electron chi connectivity index (χ3n) is 4.50. The second-order valence-corrected chi connectivity index (χ2v) is 7.37. The molecule has 0 unspecified atom stereocenters. The van der Waals surface area contributed by atoms with Gasteiger partial charge in [0.25, 0.3) is 11.8 Å². The molecule has 30 heavy (non-hydrogen) atoms. The van der Waals surface area contributed by atoms with Crippen molar-refractivity contribution in [2.75, 3.05) is 21.2 Å². The van der Waals surface area contributed by atoms with E-state index in [9.17, 15) is 18.8 Å². The van der Waals surface area contributed by atoms with Crippen LogP contribution in [0.25, 0.3) is 6.08 Å². The number of hydrogen-bond acceptors (Lipinski definition) is 5. The van der Waals surface area contributed by atoms with E-state index < -0.39 is 17.8 Å². The largest absolute Gasteiger partial charge is 0.493 e. The average molecular weight is 477 g/mol. The van der Waals surface area contributed by atoms with Gasteiger partial charge >= 0.3 is 6.03 Å². The summed E-state index contributed by atoms with van der Waals surface area (Å²) < 4.78 is 24.8. The molecule has 0 N–H and O–H groups in total. The molecule has 0 aromatic heterocycles. The van der Waals surface area contributed by atoms with Gasteiger partial charge in [0, 0.05) is 14.1 Å². The van der Waals surface area contributed by atoms with Crippen LogP contribution in [0.5, 0.6) is 11.5 Å². The third kappa shape index (κ3) is 4.20. The number of ether oxygens (including phenoxy) is 2. The van der Waals surface area contributed by atoms with Crippen molar-refractivity contribution < 1.29 is 28.2 Å². The fraction of sp³-hybridized carbons (Fsp3) is 0.190. The van der Waals surface area contributed by atoms with E-state index in [4.69, 9.17) is 9.47 Å². The molecule has 3 rings (SSSR count). The summed E-state index contributed by atoms with van der Waals surface area (Å²) in [5.74, 6) is -0.925. The maximum absolute atomic E-state index is 13.0. The van der Waals surface area contributed by atoms with E-state index >= 15 is 0 Å². The Balaban J connectivity index is 1.90. The number of benzene rings is 2. The van der Waals surface area contributed by atoms with Crippen LogP contribution in [0.4, 0.5) is 9.18 Å². The van der Waals surface area contributed by atoms with Crippen LogP contribution < -0.4 is 9.47 Å². The van der Waals surface area contributed by atoms with Gasteiger partial charge in [0.2, 0.25) is 0 Å². The van der Waals surface area contributed by atoms with Crippen LogP contribution in [0, 0.1) is 5.82 Å². The number of carbonyl (C=O) groups excluding carboxylic acids is 3. The Morgan fingerprint density at radius 3 is 2.20 bits per heavy atom. The standard InChI is InChI=1S/C21H18BrFN2O5/c1-24-19(26)15(20(27)25(2)21(24)28)8-13-9-16(22)18(17(10-13)29-3)30-11-12-4-6-14(23)7-5-12/h4-10H,11H2,1-3H3. The summed E-state index contributed by atoms with van der Waals surface area (Å²) in [5, 5.41) is 0. The lowest BCUT2D eigenvalue weighted by molar-refractivity contribution is -0.134. The van der Waals surface area contributed by atoms with Gasteiger partial charge in [0.1, 0.15) is 18.0 Å². The van der Waals surface area contributed by atoms with Crippen molar-refractivity contribution in [3.63, 3.8) is 0 Å². The second-order valence-electron chi connectivity index (χ2n) is 6.52. The van der Waals surface area contributed by atoms with Gasteiger partial charge in [-0.2, -0.15) is 0 Å². The monoisotopic (exact) mass is 476 g/mol. The van der Waals surface area contributed by atoms with Gasteiger partial charge in [-0.3, -0.25) is 19.4 Å². The first-order chi connectivity index (χ1) is 14.2. The lowest BCUT2D eigenvalue weighted by atomic mass is 10.1. The number of carbonyl (C=O) groups is 3. The number of likely N-dealkylation sites (N-methyl/N-ethyl adjacent to an activating group) is 2. The number of imide groups is 2. The first kappa shape index (κ1) is 21.5. The molecule has 1 saturated heterocycles. The van der Waals surface area contributed by atoms with E-state index in [2.05, 4.69) is 15.9 Å². The summed E-state index contributed by atoms with van der Waals surface area (Å²) >= 11 is 3.41. The zero-order valence-corrected chi connectivity index (χ0v) is 18.0. The first-order valence-electron chi connectivity index (χ1n) is 8.79. The van der Waals surface area contributed by atoms with Crippen molar-refractivity contribution in [1.29, 1.82) is 0 Å². The topological polar surface area (TPSA) is 76.2 Å². The van der Waals surface area contributed by atoms with Crippen molar-refractivity contribution in [3.05, 3.63) is 63.4 Å². The Bertz CT molecular complexity index is 1030. The second kappa shape index (κ2) is 8.66. The fourth-order valence-electron chi connectivity index (χ4n) is 2.84. The van der Waals surface area contributed by atoms with Crippen molar-refractivity contribution in [2.24, 2.45) is 0 Å². The van der Waals surface area contributed by atoms with Crippen LogP contribution >= 0.6 is 15.9 Å². The van der Waals surface area contributed by atoms with Crippen LogP contribution in [-0.4, -0.2) is 48.9 Å². The molecule has 1 aliphatic heterocycles. The van der Waals surface area contributed by atoms with Crippen molar-refractivity contribution in [3.8, 4) is 11.5 Å². The lowest BCUT2D eigenvalue weighted by Crippen LogP contribution is -2.52. The summed E-state index contributed by atoms with van der Waals surface area (Å²) in [4.78, 5) is 38.4. The molecule has 7 nitrogen and oxygen atoms in total. The van der Waals surface area contributed by atoms with Crippen LogP contribution in [-0.2, 0) is 16.2 Å². The van der Waals surface area contributed by atoms with E-state index in [0.29, 0.717) is 21.5 Å². The van der Waals surface area contributed by atoms with Crippen molar-refractivity contribution >= 4 is 39.9 Å². The van der Waals surface area contributed by atoms with Gasteiger partial charge in [-0.25, -0.2) is 9.18 Å². The Labute approximate surface area is 180 Å². The highest BCUT2D eigenvalue weighted by molar-refractivity contribution is 9.10. The maximum Gasteiger partial charge on any atom is 0.333 e. The summed E-state index contributed by atoms with van der Waals surface area (Å²) in [6.07, 6.45) is 1.39. The summed E-state index contributed by atoms with van der Waals surface area (Å²) in [6, 6.07) is 8.49. The molecule has 1 fully saturated rings. The molecule has 2 aromatic rings. The quantitative estimate of drug-likeness (QED) is 0.486. The molecule has 0 atom stereocenters. The molecule has 156 valence electrons. The number of nitrogens with zero attached hydrogens (tertiary/aromatic N) is 2. The molecule has 2 aromatic carbocycles. The van der Waals surface area contributed by atoms with Gasteiger partial charge in [-0.05, 0) is 57.4 Å². The minimum absolute atomic E-state index is 0.145. The highest BCUT2D eigenvalue weighted by Crippen LogP contribution is 2.38. The fourth-order valence-corrected chi connectivity index (χ4v) is 3.42. The number of urea groups is 1. The summed E-state index contributed by atoms with van der Waals surface area (Å²) in [5.41, 5.74) is 1.12. The highest BCUT2D eigenvalue weighted by Gasteiger charge is 2.37. The minimum atomic E-state index is -0.689. The van der Waals surface area contributed by atoms with Crippen LogP contribution in [0.2, 0.25) is 0 Å². The predicted octanol–water partition coefficient (Wildman–Crippen LogP) is 3.61. The van der Waals surface area contributed by atoms with Crippen molar-refractivity contribution in [2.45, 2.75) is 6.61 Å². The third-order valence-corrected chi connectivity index (χ3v) is 5.09. The summed E-state index contributed by atoms with van der Waals surface area (Å²) in [6.45, 7) is 0.185. The predicted molar refractivity (Wildman–Crippen MR) is 110 cm³/mol. The van der Waals surface area contributed by atoms with E-state index in [1.54, 1.807) is 24.3 Å². The molecule has 0 aliphatic carbocycles. The molecule has 0 bridgehead atoms. The molecule has 1 aliphatic rings. The van der Waals surface area contributed by atoms with Gasteiger partial charge in [0.05, 0.1) is 11.6 Å². The highest BCUT2D eigenvalue weighted by atomic mass is 79.9. The minimum Gasteiger partial charge on any atom is -0.493 e. The zero-order chi connectivity index (χ0) is 22.0. The normalized spacial score (nSPS) is 14.3. The van der Waals surface area contributed by atoms with E-state index in [0.717, 1.165) is 15.4 Å². The molecular formula is C21H18BrFN2O5. The molecule has 9 heteroatoms. The SMILES string of the molecule is COc1cc(C=C2C(=O)N(C)C(=O)N(C)C2=O)cc(Br)c1OCc1ccc(F)cc1. The number of rotatable bonds is 5. The molecular weight excluding hydrogens is 459 g/mol. The lowest BCUT2D eigenvalue weighted by Gasteiger charge is -2.28. The zero-order valence-electron chi connectivity index (χ0n) is 16.4. The molecule has 4 amide bonds. The summed E-state index contributed by atoms with van der Waals surface area (Å²) in [7, 11) is 4.08. The van der Waals surface area contributed by atoms with Crippen molar-refractivity contribution in [1.82, 2.24) is 9.80 Å². The van der Waals surface area contributed by atoms with Crippen LogP contribution in [0.15, 0.2) is 46.4 Å². The Kier molecular flexibility index (Phi) is 6.21. The molecule has 0 saturated carbocycles. The number of amides is 4. The average Bonchev–Trinajstić information content (AvgIpc) is 2.74. The first-order valence-corrected chi connectivity index (χ1v) is 9.58. The Morgan fingerprint density at radius 2 is 1.63 bits per heavy atom. The van der Waals surface area contributed by atoms with Crippen LogP contribution in [0.1, 0.15) is 11.1 Å². The Morgan fingerprint density at radius 1 is 1.03 bits per heavy atom. The smallest absolute Gasteiger partial charge is 0.333 e. The number of methoxy groups -OCH3 is 1. The van der Waals surface area contributed by atoms with Gasteiger partial charge in [0.15, 0.2) is 11.5 Å². The van der Waals surface area contributed by atoms with Gasteiger partial charge < -0.3 is 9.47 Å². The van der Waals surface area contributed by atoms with E-state index in [1.165, 1.54) is 39.4 Å². The molecule has 0 radical (unpaired) electrons. The van der Waals surface area contributed by atoms with E-state index in [-0.39, 0.29) is 18.0 Å². The maximum atomic E-state index is 13.0. The van der Waals surface area contributed by atoms with Crippen LogP contribution in [0.3, 0.4) is 0 Å². The molecule has 1 heterocycles. The molecule has 0 spiro atoms. The number of hydrogen-bond donors (Lipinski definition) is 0.